The summed E-state index contributed by atoms with van der Waals surface area (Å²) in [5, 5.41) is 2.87. The van der Waals surface area contributed by atoms with Gasteiger partial charge in [0.2, 0.25) is 0 Å². The van der Waals surface area contributed by atoms with Crippen LogP contribution >= 0.6 is 0 Å². The number of nitrogens with one attached hydrogen (secondary N) is 1. The van der Waals surface area contributed by atoms with Gasteiger partial charge in [-0.25, -0.2) is 9.59 Å². The second kappa shape index (κ2) is 6.73. The number of carbonyl (C=O) groups is 2. The highest BCUT2D eigenvalue weighted by molar-refractivity contribution is 5.95. The number of anilines is 1. The van der Waals surface area contributed by atoms with Gasteiger partial charge in [0.05, 0.1) is 17.7 Å². The van der Waals surface area contributed by atoms with E-state index in [0.29, 0.717) is 23.5 Å². The Morgan fingerprint density at radius 2 is 2.13 bits per heavy atom. The minimum Gasteiger partial charge on any atom is -0.459 e. The molecule has 1 aromatic carbocycles. The molecule has 0 saturated heterocycles. The average Bonchev–Trinajstić information content (AvgIpc) is 2.46. The molecule has 1 aliphatic heterocycles. The number of esters is 1. The van der Waals surface area contributed by atoms with Crippen LogP contribution in [0.2, 0.25) is 0 Å². The first-order valence-electron chi connectivity index (χ1n) is 7.70. The van der Waals surface area contributed by atoms with Crippen molar-refractivity contribution in [3.05, 3.63) is 41.1 Å². The third kappa shape index (κ3) is 3.47. The lowest BCUT2D eigenvalue weighted by atomic mass is 9.94. The summed E-state index contributed by atoms with van der Waals surface area (Å²) in [5.74, 6) is -0.427. The molecule has 1 unspecified atom stereocenters. The van der Waals surface area contributed by atoms with Gasteiger partial charge in [-0.1, -0.05) is 12.1 Å². The molecule has 0 aromatic heterocycles. The molecular formula is C17H23N3O3. The number of hydrogen-bond acceptors (Lipinski definition) is 4. The summed E-state index contributed by atoms with van der Waals surface area (Å²) in [7, 11) is 0. The zero-order valence-corrected chi connectivity index (χ0v) is 13.9. The molecule has 1 atom stereocenters. The van der Waals surface area contributed by atoms with Gasteiger partial charge in [0.15, 0.2) is 0 Å². The highest BCUT2D eigenvalue weighted by Crippen LogP contribution is 2.32. The Bertz CT molecular complexity index is 652. The summed E-state index contributed by atoms with van der Waals surface area (Å²) < 4.78 is 5.36. The molecule has 0 bridgehead atoms. The summed E-state index contributed by atoms with van der Waals surface area (Å²) in [5.41, 5.74) is 8.20. The lowest BCUT2D eigenvalue weighted by molar-refractivity contribution is -0.143. The lowest BCUT2D eigenvalue weighted by Gasteiger charge is -2.35. The van der Waals surface area contributed by atoms with Crippen LogP contribution < -0.4 is 11.1 Å². The molecule has 3 N–H and O–H groups in total. The van der Waals surface area contributed by atoms with E-state index >= 15 is 0 Å². The van der Waals surface area contributed by atoms with Gasteiger partial charge in [-0.05, 0) is 45.4 Å². The number of nitrogens with zero attached hydrogens (tertiary/aromatic N) is 1. The second-order valence-electron chi connectivity index (χ2n) is 5.75. The highest BCUT2D eigenvalue weighted by atomic mass is 16.5. The fourth-order valence-electron chi connectivity index (χ4n) is 2.69. The third-order valence-corrected chi connectivity index (χ3v) is 3.72. The van der Waals surface area contributed by atoms with Crippen molar-refractivity contribution in [2.24, 2.45) is 0 Å². The monoisotopic (exact) mass is 317 g/mol. The van der Waals surface area contributed by atoms with E-state index in [2.05, 4.69) is 5.32 Å². The first-order chi connectivity index (χ1) is 10.8. The maximum atomic E-state index is 12.6. The van der Waals surface area contributed by atoms with Gasteiger partial charge in [-0.15, -0.1) is 0 Å². The number of nitrogen functional groups attached to an aromatic ring is 1. The molecule has 0 saturated carbocycles. The van der Waals surface area contributed by atoms with E-state index in [4.69, 9.17) is 10.5 Å². The predicted octanol–water partition coefficient (Wildman–Crippen LogP) is 2.58. The van der Waals surface area contributed by atoms with Gasteiger partial charge in [-0.2, -0.15) is 0 Å². The van der Waals surface area contributed by atoms with Crippen molar-refractivity contribution in [3.8, 4) is 0 Å². The van der Waals surface area contributed by atoms with E-state index in [1.54, 1.807) is 39.0 Å². The third-order valence-electron chi connectivity index (χ3n) is 3.72. The van der Waals surface area contributed by atoms with Crippen LogP contribution in [0.25, 0.3) is 0 Å². The maximum Gasteiger partial charge on any atom is 0.338 e. The SMILES string of the molecule is CCN1C(=O)NC(c2cccc(N)c2)C(C(=O)OC(C)C)=C1C. The largest absolute Gasteiger partial charge is 0.459 e. The highest BCUT2D eigenvalue weighted by Gasteiger charge is 2.36. The van der Waals surface area contributed by atoms with Crippen LogP contribution in [0.15, 0.2) is 35.5 Å². The van der Waals surface area contributed by atoms with Crippen LogP contribution in [0.1, 0.15) is 39.3 Å². The molecule has 0 fully saturated rings. The molecule has 1 aromatic rings. The van der Waals surface area contributed by atoms with Crippen LogP contribution in [0, 0.1) is 0 Å². The Labute approximate surface area is 136 Å². The number of hydrogen-bond donors (Lipinski definition) is 2. The van der Waals surface area contributed by atoms with Gasteiger partial charge >= 0.3 is 12.0 Å². The summed E-state index contributed by atoms with van der Waals surface area (Å²) in [6.07, 6.45) is -0.239. The van der Waals surface area contributed by atoms with Crippen molar-refractivity contribution in [2.45, 2.75) is 39.8 Å². The van der Waals surface area contributed by atoms with Crippen LogP contribution in [0.4, 0.5) is 10.5 Å². The number of amides is 2. The van der Waals surface area contributed by atoms with Crippen molar-refractivity contribution in [2.75, 3.05) is 12.3 Å². The number of carbonyl (C=O) groups excluding carboxylic acids is 2. The van der Waals surface area contributed by atoms with E-state index in [0.717, 1.165) is 5.56 Å². The summed E-state index contributed by atoms with van der Waals surface area (Å²) in [6, 6.07) is 6.33. The standard InChI is InChI=1S/C17H23N3O3/c1-5-20-11(4)14(16(21)23-10(2)3)15(19-17(20)22)12-7-6-8-13(18)9-12/h6-10,15H,5,18H2,1-4H3,(H,19,22). The van der Waals surface area contributed by atoms with Gasteiger partial charge in [0.25, 0.3) is 0 Å². The molecule has 6 nitrogen and oxygen atoms in total. The Kier molecular flexibility index (Phi) is 4.93. The molecule has 2 amide bonds. The van der Waals surface area contributed by atoms with Crippen LogP contribution in [0.5, 0.6) is 0 Å². The number of benzene rings is 1. The summed E-state index contributed by atoms with van der Waals surface area (Å²) in [4.78, 5) is 26.4. The zero-order valence-electron chi connectivity index (χ0n) is 13.9. The predicted molar refractivity (Wildman–Crippen MR) is 88.4 cm³/mol. The molecule has 0 aliphatic carbocycles. The fourth-order valence-corrected chi connectivity index (χ4v) is 2.69. The number of rotatable bonds is 4. The average molecular weight is 317 g/mol. The normalized spacial score (nSPS) is 18.2. The Morgan fingerprint density at radius 1 is 1.43 bits per heavy atom. The van der Waals surface area contributed by atoms with Gasteiger partial charge < -0.3 is 15.8 Å². The molecule has 124 valence electrons. The Balaban J connectivity index is 2.52. The zero-order chi connectivity index (χ0) is 17.1. The van der Waals surface area contributed by atoms with E-state index in [1.165, 1.54) is 4.90 Å². The van der Waals surface area contributed by atoms with Gasteiger partial charge in [0.1, 0.15) is 0 Å². The van der Waals surface area contributed by atoms with E-state index in [-0.39, 0.29) is 12.1 Å². The minimum absolute atomic E-state index is 0.237. The molecule has 0 radical (unpaired) electrons. The quantitative estimate of drug-likeness (QED) is 0.660. The Morgan fingerprint density at radius 3 is 2.70 bits per heavy atom. The molecule has 2 rings (SSSR count). The van der Waals surface area contributed by atoms with E-state index in [1.807, 2.05) is 13.0 Å². The lowest BCUT2D eigenvalue weighted by Crippen LogP contribution is -2.48. The van der Waals surface area contributed by atoms with Gasteiger partial charge in [-0.3, -0.25) is 4.90 Å². The van der Waals surface area contributed by atoms with Gasteiger partial charge in [0, 0.05) is 17.9 Å². The first-order valence-corrected chi connectivity index (χ1v) is 7.70. The summed E-state index contributed by atoms with van der Waals surface area (Å²) >= 11 is 0. The summed E-state index contributed by atoms with van der Waals surface area (Å²) in [6.45, 7) is 7.68. The Hall–Kier alpha value is -2.50. The second-order valence-corrected chi connectivity index (χ2v) is 5.75. The van der Waals surface area contributed by atoms with Crippen molar-refractivity contribution >= 4 is 17.7 Å². The van der Waals surface area contributed by atoms with Crippen molar-refractivity contribution < 1.29 is 14.3 Å². The number of ether oxygens (including phenoxy) is 1. The number of urea groups is 1. The van der Waals surface area contributed by atoms with Crippen molar-refractivity contribution in [1.82, 2.24) is 10.2 Å². The van der Waals surface area contributed by atoms with Crippen molar-refractivity contribution in [3.63, 3.8) is 0 Å². The minimum atomic E-state index is -0.569. The van der Waals surface area contributed by atoms with E-state index < -0.39 is 12.0 Å². The number of allylic oxidation sites excluding steroid dienone is 1. The van der Waals surface area contributed by atoms with Crippen LogP contribution in [0.3, 0.4) is 0 Å². The molecular weight excluding hydrogens is 294 g/mol. The maximum absolute atomic E-state index is 12.6. The molecule has 1 heterocycles. The van der Waals surface area contributed by atoms with Crippen LogP contribution in [-0.4, -0.2) is 29.5 Å². The van der Waals surface area contributed by atoms with Crippen LogP contribution in [-0.2, 0) is 9.53 Å². The molecule has 0 spiro atoms. The van der Waals surface area contributed by atoms with Crippen molar-refractivity contribution in [1.29, 1.82) is 0 Å². The molecule has 1 aliphatic rings. The smallest absolute Gasteiger partial charge is 0.338 e. The first kappa shape index (κ1) is 16.9. The molecule has 6 heteroatoms. The number of nitrogens with two attached hydrogens (primary N) is 1. The fraction of sp³-hybridized carbons (Fsp3) is 0.412. The molecule has 23 heavy (non-hydrogen) atoms. The van der Waals surface area contributed by atoms with E-state index in [9.17, 15) is 9.59 Å². The topological polar surface area (TPSA) is 84.7 Å².